The van der Waals surface area contributed by atoms with Crippen molar-refractivity contribution in [1.82, 2.24) is 5.32 Å². The van der Waals surface area contributed by atoms with E-state index < -0.39 is 11.3 Å². The molecule has 0 aliphatic carbocycles. The van der Waals surface area contributed by atoms with Crippen LogP contribution in [0.4, 0.5) is 17.6 Å². The maximum Gasteiger partial charge on any atom is 0.441 e. The predicted molar refractivity (Wildman–Crippen MR) is 77.0 cm³/mol. The molecule has 0 saturated carbocycles. The van der Waals surface area contributed by atoms with Crippen molar-refractivity contribution in [3.05, 3.63) is 29.6 Å². The summed E-state index contributed by atoms with van der Waals surface area (Å²) < 4.78 is 54.5. The smallest absolute Gasteiger partial charge is 0.441 e. The quantitative estimate of drug-likeness (QED) is 0.621. The maximum atomic E-state index is 13.7. The van der Waals surface area contributed by atoms with Gasteiger partial charge in [0.25, 0.3) is 0 Å². The van der Waals surface area contributed by atoms with Gasteiger partial charge in [-0.2, -0.15) is 13.2 Å². The number of ether oxygens (including phenoxy) is 1. The average Bonchev–Trinajstić information content (AvgIpc) is 2.32. The Morgan fingerprint density at radius 2 is 1.86 bits per heavy atom. The molecule has 0 fully saturated rings. The second kappa shape index (κ2) is 7.35. The SMILES string of the molecule is CC(C)(C)NCc1ccc(OCCSC(F)(F)F)c(F)c1. The molecule has 0 aliphatic heterocycles. The first-order valence-corrected chi connectivity index (χ1v) is 7.42. The first-order chi connectivity index (χ1) is 9.57. The van der Waals surface area contributed by atoms with E-state index in [2.05, 4.69) is 5.32 Å². The summed E-state index contributed by atoms with van der Waals surface area (Å²) in [6.45, 7) is 6.31. The third-order valence-corrected chi connectivity index (χ3v) is 3.12. The van der Waals surface area contributed by atoms with E-state index in [0.717, 1.165) is 5.56 Å². The van der Waals surface area contributed by atoms with Crippen molar-refractivity contribution < 1.29 is 22.3 Å². The van der Waals surface area contributed by atoms with Crippen molar-refractivity contribution in [3.8, 4) is 5.75 Å². The molecule has 0 atom stereocenters. The van der Waals surface area contributed by atoms with Crippen molar-refractivity contribution in [3.63, 3.8) is 0 Å². The molecule has 0 heterocycles. The van der Waals surface area contributed by atoms with Crippen molar-refractivity contribution >= 4 is 11.8 Å². The van der Waals surface area contributed by atoms with Crippen molar-refractivity contribution in [2.45, 2.75) is 38.4 Å². The molecule has 2 nitrogen and oxygen atoms in total. The largest absolute Gasteiger partial charge is 0.490 e. The fourth-order valence-electron chi connectivity index (χ4n) is 1.45. The molecular formula is C14H19F4NOS. The summed E-state index contributed by atoms with van der Waals surface area (Å²) in [6.07, 6.45) is 0. The zero-order valence-corrected chi connectivity index (χ0v) is 13.0. The van der Waals surface area contributed by atoms with Gasteiger partial charge in [-0.25, -0.2) is 4.39 Å². The molecule has 0 amide bonds. The van der Waals surface area contributed by atoms with Crippen LogP contribution in [0.25, 0.3) is 0 Å². The van der Waals surface area contributed by atoms with Crippen LogP contribution in [-0.2, 0) is 6.54 Å². The van der Waals surface area contributed by atoms with E-state index in [1.54, 1.807) is 6.07 Å². The van der Waals surface area contributed by atoms with Crippen molar-refractivity contribution in [2.24, 2.45) is 0 Å². The lowest BCUT2D eigenvalue weighted by Gasteiger charge is -2.20. The Balaban J connectivity index is 2.47. The molecule has 0 aromatic heterocycles. The summed E-state index contributed by atoms with van der Waals surface area (Å²) in [5.41, 5.74) is -3.62. The summed E-state index contributed by atoms with van der Waals surface area (Å²) in [7, 11) is 0. The second-order valence-corrected chi connectivity index (χ2v) is 6.67. The highest BCUT2D eigenvalue weighted by Crippen LogP contribution is 2.30. The van der Waals surface area contributed by atoms with E-state index in [0.29, 0.717) is 6.54 Å². The van der Waals surface area contributed by atoms with Crippen LogP contribution < -0.4 is 10.1 Å². The summed E-state index contributed by atoms with van der Waals surface area (Å²) in [4.78, 5) is 0. The zero-order valence-electron chi connectivity index (χ0n) is 12.2. The zero-order chi connectivity index (χ0) is 16.1. The Labute approximate surface area is 126 Å². The number of hydrogen-bond donors (Lipinski definition) is 1. The normalized spacial score (nSPS) is 12.5. The lowest BCUT2D eigenvalue weighted by atomic mass is 10.1. The van der Waals surface area contributed by atoms with E-state index in [9.17, 15) is 17.6 Å². The summed E-state index contributed by atoms with van der Waals surface area (Å²) in [5, 5.41) is 3.22. The van der Waals surface area contributed by atoms with Crippen LogP contribution in [-0.4, -0.2) is 23.4 Å². The van der Waals surface area contributed by atoms with Crippen molar-refractivity contribution in [1.29, 1.82) is 0 Å². The molecule has 7 heteroatoms. The third-order valence-electron chi connectivity index (χ3n) is 2.43. The van der Waals surface area contributed by atoms with Gasteiger partial charge >= 0.3 is 5.51 Å². The Bertz CT molecular complexity index is 457. The van der Waals surface area contributed by atoms with Crippen LogP contribution in [0.3, 0.4) is 0 Å². The van der Waals surface area contributed by atoms with Crippen LogP contribution in [0.2, 0.25) is 0 Å². The first-order valence-electron chi connectivity index (χ1n) is 6.44. The number of hydrogen-bond acceptors (Lipinski definition) is 3. The van der Waals surface area contributed by atoms with E-state index in [4.69, 9.17) is 4.74 Å². The number of benzene rings is 1. The molecule has 0 spiro atoms. The topological polar surface area (TPSA) is 21.3 Å². The van der Waals surface area contributed by atoms with Crippen molar-refractivity contribution in [2.75, 3.05) is 12.4 Å². The molecule has 120 valence electrons. The standard InChI is InChI=1S/C14H19F4NOS/c1-13(2,3)19-9-10-4-5-12(11(15)8-10)20-6-7-21-14(16,17)18/h4-5,8,19H,6-7,9H2,1-3H3. The van der Waals surface area contributed by atoms with Gasteiger partial charge in [0.15, 0.2) is 11.6 Å². The van der Waals surface area contributed by atoms with Gasteiger partial charge in [-0.1, -0.05) is 6.07 Å². The average molecular weight is 325 g/mol. The first kappa shape index (κ1) is 18.1. The molecule has 0 bridgehead atoms. The van der Waals surface area contributed by atoms with Gasteiger partial charge in [0.05, 0.1) is 6.61 Å². The van der Waals surface area contributed by atoms with Gasteiger partial charge in [-0.05, 0) is 50.2 Å². The molecular weight excluding hydrogens is 306 g/mol. The predicted octanol–water partition coefficient (Wildman–Crippen LogP) is 4.35. The summed E-state index contributed by atoms with van der Waals surface area (Å²) >= 11 is -0.185. The lowest BCUT2D eigenvalue weighted by molar-refractivity contribution is -0.0329. The number of rotatable bonds is 6. The molecule has 0 unspecified atom stereocenters. The molecule has 1 N–H and O–H groups in total. The van der Waals surface area contributed by atoms with Crippen LogP contribution in [0.5, 0.6) is 5.75 Å². The lowest BCUT2D eigenvalue weighted by Crippen LogP contribution is -2.35. The van der Waals surface area contributed by atoms with E-state index in [-0.39, 0.29) is 35.4 Å². The minimum atomic E-state index is -4.29. The fraction of sp³-hybridized carbons (Fsp3) is 0.571. The van der Waals surface area contributed by atoms with Gasteiger partial charge in [0.1, 0.15) is 0 Å². The molecule has 21 heavy (non-hydrogen) atoms. The Hall–Kier alpha value is -0.950. The maximum absolute atomic E-state index is 13.7. The minimum Gasteiger partial charge on any atom is -0.490 e. The van der Waals surface area contributed by atoms with E-state index >= 15 is 0 Å². The van der Waals surface area contributed by atoms with Crippen LogP contribution in [0, 0.1) is 5.82 Å². The van der Waals surface area contributed by atoms with Gasteiger partial charge in [0, 0.05) is 17.8 Å². The minimum absolute atomic E-state index is 0.0303. The highest BCUT2D eigenvalue weighted by atomic mass is 32.2. The van der Waals surface area contributed by atoms with E-state index in [1.165, 1.54) is 12.1 Å². The number of halogens is 4. The summed E-state index contributed by atoms with van der Waals surface area (Å²) in [6, 6.07) is 4.45. The number of alkyl halides is 3. The molecule has 0 radical (unpaired) electrons. The monoisotopic (exact) mass is 325 g/mol. The molecule has 1 rings (SSSR count). The molecule has 1 aromatic rings. The van der Waals surface area contributed by atoms with Gasteiger partial charge < -0.3 is 10.1 Å². The molecule has 1 aromatic carbocycles. The van der Waals surface area contributed by atoms with E-state index in [1.807, 2.05) is 20.8 Å². The molecule has 0 aliphatic rings. The third kappa shape index (κ3) is 8.16. The highest BCUT2D eigenvalue weighted by Gasteiger charge is 2.27. The van der Waals surface area contributed by atoms with Crippen LogP contribution >= 0.6 is 11.8 Å². The van der Waals surface area contributed by atoms with Gasteiger partial charge in [-0.15, -0.1) is 0 Å². The Kier molecular flexibility index (Phi) is 6.34. The van der Waals surface area contributed by atoms with Gasteiger partial charge in [-0.3, -0.25) is 0 Å². The summed E-state index contributed by atoms with van der Waals surface area (Å²) in [5.74, 6) is -0.867. The second-order valence-electron chi connectivity index (χ2n) is 5.51. The number of nitrogens with one attached hydrogen (secondary N) is 1. The fourth-order valence-corrected chi connectivity index (χ4v) is 1.85. The Morgan fingerprint density at radius 3 is 2.38 bits per heavy atom. The molecule has 0 saturated heterocycles. The number of thioether (sulfide) groups is 1. The van der Waals surface area contributed by atoms with Crippen LogP contribution in [0.1, 0.15) is 26.3 Å². The van der Waals surface area contributed by atoms with Crippen LogP contribution in [0.15, 0.2) is 18.2 Å². The Morgan fingerprint density at radius 1 is 1.19 bits per heavy atom. The van der Waals surface area contributed by atoms with Gasteiger partial charge in [0.2, 0.25) is 0 Å². The highest BCUT2D eigenvalue weighted by molar-refractivity contribution is 8.00.